The molecule has 5 heteroatoms. The summed E-state index contributed by atoms with van der Waals surface area (Å²) in [6.45, 7) is 0. The number of rotatable bonds is 1. The molecule has 0 N–H and O–H groups in total. The van der Waals surface area contributed by atoms with E-state index >= 15 is 0 Å². The second kappa shape index (κ2) is 3.35. The molecule has 0 aliphatic carbocycles. The van der Waals surface area contributed by atoms with Gasteiger partial charge in [-0.15, -0.1) is 0 Å². The molecule has 0 atom stereocenters. The van der Waals surface area contributed by atoms with Crippen LogP contribution in [0.1, 0.15) is 0 Å². The van der Waals surface area contributed by atoms with Gasteiger partial charge in [-0.25, -0.2) is 8.78 Å². The SMILES string of the molecule is COc1cc(Br)c(F)c(F)c1F. The van der Waals surface area contributed by atoms with Gasteiger partial charge < -0.3 is 4.74 Å². The molecule has 1 nitrogen and oxygen atoms in total. The highest BCUT2D eigenvalue weighted by Crippen LogP contribution is 2.28. The minimum Gasteiger partial charge on any atom is -0.494 e. The molecule has 0 heterocycles. The number of hydrogen-bond donors (Lipinski definition) is 0. The Labute approximate surface area is 75.3 Å². The van der Waals surface area contributed by atoms with Crippen molar-refractivity contribution in [3.63, 3.8) is 0 Å². The van der Waals surface area contributed by atoms with Gasteiger partial charge in [0.1, 0.15) is 0 Å². The zero-order valence-corrected chi connectivity index (χ0v) is 7.58. The lowest BCUT2D eigenvalue weighted by Gasteiger charge is -2.04. The standard InChI is InChI=1S/C7H4BrF3O/c1-12-4-2-3(8)5(9)7(11)6(4)10/h2H,1H3. The van der Waals surface area contributed by atoms with Crippen LogP contribution in [0.4, 0.5) is 13.2 Å². The maximum Gasteiger partial charge on any atom is 0.203 e. The van der Waals surface area contributed by atoms with E-state index in [1.807, 2.05) is 0 Å². The summed E-state index contributed by atoms with van der Waals surface area (Å²) in [5.74, 6) is -4.45. The number of benzene rings is 1. The number of hydrogen-bond acceptors (Lipinski definition) is 1. The third kappa shape index (κ3) is 1.41. The first-order valence-corrected chi connectivity index (χ1v) is 3.74. The van der Waals surface area contributed by atoms with Crippen molar-refractivity contribution in [2.45, 2.75) is 0 Å². The fourth-order valence-corrected chi connectivity index (χ4v) is 1.08. The van der Waals surface area contributed by atoms with Crippen LogP contribution in [0, 0.1) is 17.5 Å². The Balaban J connectivity index is 3.39. The summed E-state index contributed by atoms with van der Waals surface area (Å²) in [5, 5.41) is 0. The fourth-order valence-electron chi connectivity index (χ4n) is 0.700. The van der Waals surface area contributed by atoms with E-state index < -0.39 is 17.5 Å². The van der Waals surface area contributed by atoms with Crippen molar-refractivity contribution in [1.82, 2.24) is 0 Å². The predicted octanol–water partition coefficient (Wildman–Crippen LogP) is 2.88. The third-order valence-corrected chi connectivity index (χ3v) is 1.87. The molecule has 0 spiro atoms. The van der Waals surface area contributed by atoms with Crippen LogP contribution in [-0.2, 0) is 0 Å². The minimum atomic E-state index is -1.54. The van der Waals surface area contributed by atoms with Crippen LogP contribution < -0.4 is 4.74 Å². The van der Waals surface area contributed by atoms with Crippen LogP contribution in [0.15, 0.2) is 10.5 Å². The molecule has 0 aromatic heterocycles. The van der Waals surface area contributed by atoms with Gasteiger partial charge in [-0.1, -0.05) is 0 Å². The highest BCUT2D eigenvalue weighted by Gasteiger charge is 2.17. The largest absolute Gasteiger partial charge is 0.494 e. The van der Waals surface area contributed by atoms with Gasteiger partial charge >= 0.3 is 0 Å². The average molecular weight is 241 g/mol. The summed E-state index contributed by atoms with van der Waals surface area (Å²) >= 11 is 2.71. The zero-order valence-electron chi connectivity index (χ0n) is 6.00. The monoisotopic (exact) mass is 240 g/mol. The molecule has 0 aliphatic rings. The lowest BCUT2D eigenvalue weighted by atomic mass is 10.3. The quantitative estimate of drug-likeness (QED) is 0.542. The van der Waals surface area contributed by atoms with E-state index in [0.717, 1.165) is 6.07 Å². The molecular weight excluding hydrogens is 237 g/mol. The normalized spacial score (nSPS) is 10.1. The molecule has 0 aliphatic heterocycles. The Hall–Kier alpha value is -0.710. The maximum atomic E-state index is 12.7. The summed E-state index contributed by atoms with van der Waals surface area (Å²) in [6.07, 6.45) is 0. The minimum absolute atomic E-state index is 0.168. The van der Waals surface area contributed by atoms with E-state index in [1.165, 1.54) is 7.11 Å². The van der Waals surface area contributed by atoms with Gasteiger partial charge in [0, 0.05) is 6.07 Å². The zero-order chi connectivity index (χ0) is 9.30. The molecular formula is C7H4BrF3O. The van der Waals surface area contributed by atoms with Crippen LogP contribution in [0.25, 0.3) is 0 Å². The second-order valence-corrected chi connectivity index (χ2v) is 2.86. The first-order chi connectivity index (χ1) is 5.57. The molecule has 66 valence electrons. The van der Waals surface area contributed by atoms with E-state index in [0.29, 0.717) is 0 Å². The lowest BCUT2D eigenvalue weighted by molar-refractivity contribution is 0.359. The molecule has 0 radical (unpaired) electrons. The first-order valence-electron chi connectivity index (χ1n) is 2.95. The smallest absolute Gasteiger partial charge is 0.203 e. The summed E-state index contributed by atoms with van der Waals surface area (Å²) in [7, 11) is 1.17. The van der Waals surface area contributed by atoms with Gasteiger partial charge in [0.05, 0.1) is 11.6 Å². The van der Waals surface area contributed by atoms with Crippen molar-refractivity contribution in [3.8, 4) is 5.75 Å². The Morgan fingerprint density at radius 2 is 1.75 bits per heavy atom. The van der Waals surface area contributed by atoms with E-state index in [1.54, 1.807) is 0 Å². The molecule has 1 aromatic carbocycles. The Morgan fingerprint density at radius 3 is 2.25 bits per heavy atom. The van der Waals surface area contributed by atoms with Gasteiger partial charge in [-0.05, 0) is 15.9 Å². The Kier molecular flexibility index (Phi) is 2.62. The topological polar surface area (TPSA) is 9.23 Å². The van der Waals surface area contributed by atoms with E-state index in [4.69, 9.17) is 0 Å². The lowest BCUT2D eigenvalue weighted by Crippen LogP contribution is -1.96. The molecule has 0 fully saturated rings. The Morgan fingerprint density at radius 1 is 1.17 bits per heavy atom. The van der Waals surface area contributed by atoms with Gasteiger partial charge in [-0.3, -0.25) is 0 Å². The van der Waals surface area contributed by atoms with Crippen LogP contribution in [0.5, 0.6) is 5.75 Å². The van der Waals surface area contributed by atoms with Crippen molar-refractivity contribution in [3.05, 3.63) is 28.0 Å². The summed E-state index contributed by atoms with van der Waals surface area (Å²) < 4.78 is 42.1. The van der Waals surface area contributed by atoms with Gasteiger partial charge in [0.15, 0.2) is 17.4 Å². The first kappa shape index (κ1) is 9.38. The van der Waals surface area contributed by atoms with Crippen molar-refractivity contribution >= 4 is 15.9 Å². The van der Waals surface area contributed by atoms with Gasteiger partial charge in [-0.2, -0.15) is 4.39 Å². The summed E-state index contributed by atoms with van der Waals surface area (Å²) in [4.78, 5) is 0. The van der Waals surface area contributed by atoms with Crippen molar-refractivity contribution < 1.29 is 17.9 Å². The van der Waals surface area contributed by atoms with Crippen molar-refractivity contribution in [2.75, 3.05) is 7.11 Å². The molecule has 0 unspecified atom stereocenters. The number of methoxy groups -OCH3 is 1. The summed E-state index contributed by atoms with van der Waals surface area (Å²) in [6, 6.07) is 1.02. The molecule has 0 bridgehead atoms. The molecule has 0 saturated heterocycles. The number of halogens is 4. The van der Waals surface area contributed by atoms with Gasteiger partial charge in [0.2, 0.25) is 5.82 Å². The van der Waals surface area contributed by atoms with Gasteiger partial charge in [0.25, 0.3) is 0 Å². The fraction of sp³-hybridized carbons (Fsp3) is 0.143. The molecule has 1 rings (SSSR count). The van der Waals surface area contributed by atoms with E-state index in [9.17, 15) is 13.2 Å². The highest BCUT2D eigenvalue weighted by atomic mass is 79.9. The molecule has 12 heavy (non-hydrogen) atoms. The van der Waals surface area contributed by atoms with Crippen LogP contribution in [0.3, 0.4) is 0 Å². The van der Waals surface area contributed by atoms with Crippen LogP contribution in [0.2, 0.25) is 0 Å². The Bertz CT molecular complexity index is 314. The molecule has 0 amide bonds. The van der Waals surface area contributed by atoms with E-state index in [-0.39, 0.29) is 10.2 Å². The molecule has 1 aromatic rings. The van der Waals surface area contributed by atoms with Crippen LogP contribution in [-0.4, -0.2) is 7.11 Å². The maximum absolute atomic E-state index is 12.7. The summed E-state index contributed by atoms with van der Waals surface area (Å²) in [5.41, 5.74) is 0. The van der Waals surface area contributed by atoms with E-state index in [2.05, 4.69) is 20.7 Å². The van der Waals surface area contributed by atoms with Crippen molar-refractivity contribution in [1.29, 1.82) is 0 Å². The van der Waals surface area contributed by atoms with Crippen molar-refractivity contribution in [2.24, 2.45) is 0 Å². The highest BCUT2D eigenvalue weighted by molar-refractivity contribution is 9.10. The van der Waals surface area contributed by atoms with Crippen LogP contribution >= 0.6 is 15.9 Å². The molecule has 0 saturated carbocycles. The second-order valence-electron chi connectivity index (χ2n) is 2.00. The predicted molar refractivity (Wildman–Crippen MR) is 40.6 cm³/mol. The third-order valence-electron chi connectivity index (χ3n) is 1.29. The average Bonchev–Trinajstić information content (AvgIpc) is 2.08. The number of ether oxygens (including phenoxy) is 1.